The number of para-hydroxylation sites is 1. The summed E-state index contributed by atoms with van der Waals surface area (Å²) >= 11 is 0. The Kier molecular flexibility index (Phi) is 2.59. The van der Waals surface area contributed by atoms with E-state index in [0.29, 0.717) is 6.42 Å². The van der Waals surface area contributed by atoms with E-state index >= 15 is 0 Å². The molecule has 0 radical (unpaired) electrons. The monoisotopic (exact) mass is 241 g/mol. The Hall–Kier alpha value is -1.56. The minimum atomic E-state index is -3.89. The first-order chi connectivity index (χ1) is 7.49. The molecule has 1 heterocycles. The molecule has 16 heavy (non-hydrogen) atoms. The van der Waals surface area contributed by atoms with Crippen molar-refractivity contribution in [3.8, 4) is 0 Å². The van der Waals surface area contributed by atoms with Crippen LogP contribution < -0.4 is 5.32 Å². The van der Waals surface area contributed by atoms with Crippen LogP contribution in [0.5, 0.6) is 0 Å². The number of anilines is 1. The van der Waals surface area contributed by atoms with Crippen molar-refractivity contribution in [1.82, 2.24) is 0 Å². The summed E-state index contributed by atoms with van der Waals surface area (Å²) in [5, 5.41) is 1.93. The molecule has 6 heteroatoms. The Bertz CT molecular complexity index is 498. The molecule has 0 aliphatic carbocycles. The molecule has 5 nitrogen and oxygen atoms in total. The summed E-state index contributed by atoms with van der Waals surface area (Å²) in [6.07, 6.45) is 0.311. The van der Waals surface area contributed by atoms with Gasteiger partial charge in [0.1, 0.15) is 0 Å². The highest BCUT2D eigenvalue weighted by Crippen LogP contribution is 2.28. The molecule has 2 rings (SSSR count). The summed E-state index contributed by atoms with van der Waals surface area (Å²) < 4.78 is 27.5. The predicted molar refractivity (Wildman–Crippen MR) is 58.2 cm³/mol. The van der Waals surface area contributed by atoms with Gasteiger partial charge in [0.25, 0.3) is 0 Å². The maximum absolute atomic E-state index is 11.6. The average molecular weight is 241 g/mol. The van der Waals surface area contributed by atoms with Crippen LogP contribution in [0.3, 0.4) is 0 Å². The lowest BCUT2D eigenvalue weighted by molar-refractivity contribution is -0.131. The maximum atomic E-state index is 11.6. The number of hydrogen-bond donors (Lipinski definition) is 1. The zero-order chi connectivity index (χ0) is 11.8. The summed E-state index contributed by atoms with van der Waals surface area (Å²) in [4.78, 5) is 10.7. The van der Waals surface area contributed by atoms with Crippen molar-refractivity contribution in [3.05, 3.63) is 29.8 Å². The minimum Gasteiger partial charge on any atom is -0.366 e. The topological polar surface area (TPSA) is 72.5 Å². The highest BCUT2D eigenvalue weighted by Gasteiger charge is 2.33. The van der Waals surface area contributed by atoms with Gasteiger partial charge in [-0.1, -0.05) is 18.2 Å². The molecule has 0 amide bonds. The second-order valence-corrected chi connectivity index (χ2v) is 5.28. The molecule has 0 spiro atoms. The molecule has 0 aromatic heterocycles. The molecule has 1 aromatic rings. The van der Waals surface area contributed by atoms with Crippen LogP contribution in [0.25, 0.3) is 0 Å². The SMILES string of the molecule is CC(=O)OS(=O)(=O)C1Cc2ccccc2N1. The fraction of sp³-hybridized carbons (Fsp3) is 0.300. The lowest BCUT2D eigenvalue weighted by Gasteiger charge is -2.10. The van der Waals surface area contributed by atoms with E-state index < -0.39 is 21.5 Å². The van der Waals surface area contributed by atoms with E-state index in [2.05, 4.69) is 9.50 Å². The van der Waals surface area contributed by atoms with E-state index in [1.165, 1.54) is 0 Å². The molecule has 0 bridgehead atoms. The van der Waals surface area contributed by atoms with E-state index in [9.17, 15) is 13.2 Å². The Balaban J connectivity index is 2.21. The van der Waals surface area contributed by atoms with Crippen molar-refractivity contribution in [2.24, 2.45) is 0 Å². The van der Waals surface area contributed by atoms with Crippen LogP contribution in [0.15, 0.2) is 24.3 Å². The van der Waals surface area contributed by atoms with Gasteiger partial charge in [-0.25, -0.2) is 0 Å². The number of rotatable bonds is 2. The molecule has 0 fully saturated rings. The quantitative estimate of drug-likeness (QED) is 0.778. The number of carbonyl (C=O) groups excluding carboxylic acids is 1. The van der Waals surface area contributed by atoms with Gasteiger partial charge in [-0.15, -0.1) is 0 Å². The Morgan fingerprint density at radius 2 is 2.12 bits per heavy atom. The zero-order valence-corrected chi connectivity index (χ0v) is 9.45. The van der Waals surface area contributed by atoms with Crippen molar-refractivity contribution < 1.29 is 17.4 Å². The summed E-state index contributed by atoms with van der Waals surface area (Å²) in [7, 11) is -3.89. The van der Waals surface area contributed by atoms with Crippen LogP contribution in [0.1, 0.15) is 12.5 Å². The molecule has 1 aliphatic heterocycles. The molecule has 1 unspecified atom stereocenters. The van der Waals surface area contributed by atoms with Crippen molar-refractivity contribution in [1.29, 1.82) is 0 Å². The van der Waals surface area contributed by atoms with Gasteiger partial charge < -0.3 is 9.50 Å². The number of nitrogens with one attached hydrogen (secondary N) is 1. The molecule has 0 saturated carbocycles. The molecule has 1 atom stereocenters. The largest absolute Gasteiger partial charge is 0.366 e. The third-order valence-electron chi connectivity index (χ3n) is 2.32. The highest BCUT2D eigenvalue weighted by atomic mass is 32.2. The number of carbonyl (C=O) groups is 1. The zero-order valence-electron chi connectivity index (χ0n) is 8.64. The molecular weight excluding hydrogens is 230 g/mol. The first kappa shape index (κ1) is 10.9. The number of hydrogen-bond acceptors (Lipinski definition) is 5. The minimum absolute atomic E-state index is 0.311. The van der Waals surface area contributed by atoms with Crippen LogP contribution in [-0.4, -0.2) is 19.8 Å². The normalized spacial score (nSPS) is 18.7. The molecule has 0 saturated heterocycles. The third kappa shape index (κ3) is 2.01. The van der Waals surface area contributed by atoms with E-state index in [1.807, 2.05) is 18.2 Å². The van der Waals surface area contributed by atoms with E-state index in [1.54, 1.807) is 6.07 Å². The number of benzene rings is 1. The maximum Gasteiger partial charge on any atom is 0.333 e. The fourth-order valence-electron chi connectivity index (χ4n) is 1.66. The van der Waals surface area contributed by atoms with Gasteiger partial charge in [-0.3, -0.25) is 4.79 Å². The van der Waals surface area contributed by atoms with Gasteiger partial charge in [-0.05, 0) is 11.6 Å². The van der Waals surface area contributed by atoms with Gasteiger partial charge in [0, 0.05) is 19.0 Å². The Labute approximate surface area is 93.5 Å². The van der Waals surface area contributed by atoms with Gasteiger partial charge >= 0.3 is 16.1 Å². The highest BCUT2D eigenvalue weighted by molar-refractivity contribution is 7.87. The second-order valence-electron chi connectivity index (χ2n) is 3.56. The first-order valence-corrected chi connectivity index (χ1v) is 6.24. The summed E-state index contributed by atoms with van der Waals surface area (Å²) in [5.74, 6) is -0.822. The van der Waals surface area contributed by atoms with Crippen molar-refractivity contribution in [2.75, 3.05) is 5.32 Å². The lowest BCUT2D eigenvalue weighted by atomic mass is 10.2. The first-order valence-electron chi connectivity index (χ1n) is 4.77. The smallest absolute Gasteiger partial charge is 0.333 e. The van der Waals surface area contributed by atoms with Gasteiger partial charge in [-0.2, -0.15) is 8.42 Å². The third-order valence-corrected chi connectivity index (χ3v) is 3.77. The molecule has 86 valence electrons. The second kappa shape index (κ2) is 3.79. The molecule has 1 aliphatic rings. The summed E-state index contributed by atoms with van der Waals surface area (Å²) in [5.41, 5.74) is 1.67. The number of fused-ring (bicyclic) bond motifs is 1. The average Bonchev–Trinajstić information content (AvgIpc) is 2.59. The molecule has 1 aromatic carbocycles. The van der Waals surface area contributed by atoms with Crippen molar-refractivity contribution in [3.63, 3.8) is 0 Å². The van der Waals surface area contributed by atoms with E-state index in [-0.39, 0.29) is 0 Å². The standard InChI is InChI=1S/C10H11NO4S/c1-7(12)15-16(13,14)10-6-8-4-2-3-5-9(8)11-10/h2-5,10-11H,6H2,1H3. The van der Waals surface area contributed by atoms with Crippen molar-refractivity contribution in [2.45, 2.75) is 18.7 Å². The Morgan fingerprint density at radius 3 is 2.75 bits per heavy atom. The summed E-state index contributed by atoms with van der Waals surface area (Å²) in [6.45, 7) is 1.07. The summed E-state index contributed by atoms with van der Waals surface area (Å²) in [6, 6.07) is 7.28. The van der Waals surface area contributed by atoms with Crippen LogP contribution in [0.4, 0.5) is 5.69 Å². The van der Waals surface area contributed by atoms with Crippen LogP contribution in [-0.2, 0) is 25.5 Å². The lowest BCUT2D eigenvalue weighted by Crippen LogP contribution is -2.30. The van der Waals surface area contributed by atoms with Crippen LogP contribution in [0, 0.1) is 0 Å². The van der Waals surface area contributed by atoms with Crippen LogP contribution >= 0.6 is 0 Å². The predicted octanol–water partition coefficient (Wildman–Crippen LogP) is 0.874. The van der Waals surface area contributed by atoms with Crippen molar-refractivity contribution >= 4 is 21.8 Å². The Morgan fingerprint density at radius 1 is 1.44 bits per heavy atom. The molecular formula is C10H11NO4S. The van der Waals surface area contributed by atoms with E-state index in [4.69, 9.17) is 0 Å². The van der Waals surface area contributed by atoms with Gasteiger partial charge in [0.05, 0.1) is 0 Å². The van der Waals surface area contributed by atoms with Gasteiger partial charge in [0.15, 0.2) is 5.37 Å². The van der Waals surface area contributed by atoms with E-state index in [0.717, 1.165) is 18.2 Å². The molecule has 1 N–H and O–H groups in total. The van der Waals surface area contributed by atoms with Gasteiger partial charge in [0.2, 0.25) is 0 Å². The fourth-order valence-corrected chi connectivity index (χ4v) is 2.76. The van der Waals surface area contributed by atoms with Crippen LogP contribution in [0.2, 0.25) is 0 Å².